The van der Waals surface area contributed by atoms with Gasteiger partial charge < -0.3 is 10.8 Å². The summed E-state index contributed by atoms with van der Waals surface area (Å²) in [5.41, 5.74) is 5.80. The van der Waals surface area contributed by atoms with Crippen LogP contribution in [0.25, 0.3) is 0 Å². The van der Waals surface area contributed by atoms with Crippen molar-refractivity contribution < 1.29 is 9.90 Å². The minimum absolute atomic E-state index is 0.00519. The van der Waals surface area contributed by atoms with E-state index in [1.807, 2.05) is 0 Å². The molecule has 0 spiro atoms. The van der Waals surface area contributed by atoms with E-state index in [-0.39, 0.29) is 5.84 Å². The highest BCUT2D eigenvalue weighted by Gasteiger charge is 1.98. The molecule has 4 nitrogen and oxygen atoms in total. The Bertz CT molecular complexity index is 335. The van der Waals surface area contributed by atoms with Crippen LogP contribution >= 0.6 is 11.6 Å². The fourth-order valence-electron chi connectivity index (χ4n) is 0.680. The van der Waals surface area contributed by atoms with Gasteiger partial charge in [0.05, 0.1) is 5.02 Å². The number of nitrogens with two attached hydrogens (primary N) is 1. The molecule has 0 saturated heterocycles. The van der Waals surface area contributed by atoms with Crippen molar-refractivity contribution in [1.82, 2.24) is 0 Å². The number of aliphatic carboxylic acids is 1. The summed E-state index contributed by atoms with van der Waals surface area (Å²) in [6, 6.07) is 7.01. The van der Waals surface area contributed by atoms with Gasteiger partial charge in [-0.15, -0.1) is 0 Å². The molecule has 0 heterocycles. The summed E-state index contributed by atoms with van der Waals surface area (Å²) < 4.78 is 0. The lowest BCUT2D eigenvalue weighted by Crippen LogP contribution is -2.11. The first-order valence-electron chi connectivity index (χ1n) is 3.73. The first-order valence-corrected chi connectivity index (χ1v) is 4.11. The third-order valence-electron chi connectivity index (χ3n) is 1.16. The van der Waals surface area contributed by atoms with Crippen LogP contribution in [0.15, 0.2) is 24.3 Å². The van der Waals surface area contributed by atoms with E-state index in [0.29, 0.717) is 10.6 Å². The van der Waals surface area contributed by atoms with Crippen LogP contribution in [0, 0.1) is 5.41 Å². The Kier molecular flexibility index (Phi) is 5.33. The molecule has 0 aliphatic heterocycles. The molecule has 0 amide bonds. The third kappa shape index (κ3) is 5.16. The molecule has 1 aromatic rings. The van der Waals surface area contributed by atoms with Gasteiger partial charge in [0.1, 0.15) is 5.84 Å². The molecule has 1 aromatic carbocycles. The van der Waals surface area contributed by atoms with Crippen LogP contribution in [0.2, 0.25) is 5.02 Å². The molecule has 0 bridgehead atoms. The number of benzene rings is 1. The van der Waals surface area contributed by atoms with Crippen molar-refractivity contribution in [3.8, 4) is 0 Å². The summed E-state index contributed by atoms with van der Waals surface area (Å²) in [6.07, 6.45) is 0. The largest absolute Gasteiger partial charge is 0.481 e. The van der Waals surface area contributed by atoms with Gasteiger partial charge in [-0.3, -0.25) is 10.2 Å². The molecular weight excluding hydrogens is 204 g/mol. The zero-order valence-corrected chi connectivity index (χ0v) is 8.38. The molecular formula is C9H11ClN2O2. The zero-order chi connectivity index (χ0) is 11.1. The minimum Gasteiger partial charge on any atom is -0.481 e. The van der Waals surface area contributed by atoms with E-state index in [4.69, 9.17) is 32.6 Å². The standard InChI is InChI=1S/C7H7ClN2.C2H4O2/c8-6-4-2-1-3-5(6)7(9)10;1-2(3)4/h1-4H,(H3,9,10);1H3,(H,3,4). The van der Waals surface area contributed by atoms with E-state index >= 15 is 0 Å². The Balaban J connectivity index is 0.000000364. The van der Waals surface area contributed by atoms with Crippen molar-refractivity contribution in [2.75, 3.05) is 0 Å². The van der Waals surface area contributed by atoms with Crippen molar-refractivity contribution in [3.05, 3.63) is 34.9 Å². The van der Waals surface area contributed by atoms with E-state index in [9.17, 15) is 0 Å². The smallest absolute Gasteiger partial charge is 0.300 e. The summed E-state index contributed by atoms with van der Waals surface area (Å²) in [4.78, 5) is 9.00. The molecule has 0 unspecified atom stereocenters. The molecule has 0 fully saturated rings. The van der Waals surface area contributed by atoms with Crippen molar-refractivity contribution in [1.29, 1.82) is 5.41 Å². The fourth-order valence-corrected chi connectivity index (χ4v) is 0.917. The van der Waals surface area contributed by atoms with Crippen LogP contribution < -0.4 is 5.73 Å². The topological polar surface area (TPSA) is 87.2 Å². The molecule has 0 aromatic heterocycles. The molecule has 5 heteroatoms. The summed E-state index contributed by atoms with van der Waals surface area (Å²) in [5, 5.41) is 15.0. The van der Waals surface area contributed by atoms with Crippen molar-refractivity contribution in [2.24, 2.45) is 5.73 Å². The summed E-state index contributed by atoms with van der Waals surface area (Å²) >= 11 is 5.70. The Labute approximate surface area is 86.8 Å². The van der Waals surface area contributed by atoms with E-state index in [2.05, 4.69) is 0 Å². The van der Waals surface area contributed by atoms with Crippen LogP contribution in [0.1, 0.15) is 12.5 Å². The van der Waals surface area contributed by atoms with Crippen molar-refractivity contribution in [2.45, 2.75) is 6.92 Å². The number of nitrogen functional groups attached to an aromatic ring is 1. The number of hydrogen-bond acceptors (Lipinski definition) is 2. The quantitative estimate of drug-likeness (QED) is 0.491. The highest BCUT2D eigenvalue weighted by atomic mass is 35.5. The molecule has 76 valence electrons. The minimum atomic E-state index is -0.833. The molecule has 14 heavy (non-hydrogen) atoms. The number of halogens is 1. The normalized spacial score (nSPS) is 8.43. The average molecular weight is 215 g/mol. The molecule has 0 aliphatic rings. The second-order valence-corrected chi connectivity index (χ2v) is 2.82. The monoisotopic (exact) mass is 214 g/mol. The van der Waals surface area contributed by atoms with Crippen LogP contribution in [0.4, 0.5) is 0 Å². The second kappa shape index (κ2) is 5.99. The average Bonchev–Trinajstić information content (AvgIpc) is 2.03. The van der Waals surface area contributed by atoms with Crippen LogP contribution in [0.3, 0.4) is 0 Å². The Hall–Kier alpha value is -1.55. The van der Waals surface area contributed by atoms with E-state index in [1.165, 1.54) is 0 Å². The number of amidine groups is 1. The van der Waals surface area contributed by atoms with Gasteiger partial charge in [0.25, 0.3) is 5.97 Å². The van der Waals surface area contributed by atoms with Gasteiger partial charge in [-0.25, -0.2) is 0 Å². The summed E-state index contributed by atoms with van der Waals surface area (Å²) in [7, 11) is 0. The first-order chi connectivity index (χ1) is 6.45. The van der Waals surface area contributed by atoms with Crippen LogP contribution in [-0.4, -0.2) is 16.9 Å². The molecule has 0 radical (unpaired) electrons. The number of hydrogen-bond donors (Lipinski definition) is 3. The summed E-state index contributed by atoms with van der Waals surface area (Å²) in [6.45, 7) is 1.08. The van der Waals surface area contributed by atoms with Gasteiger partial charge in [0, 0.05) is 12.5 Å². The predicted molar refractivity (Wildman–Crippen MR) is 55.8 cm³/mol. The number of rotatable bonds is 1. The third-order valence-corrected chi connectivity index (χ3v) is 1.49. The lowest BCUT2D eigenvalue weighted by atomic mass is 10.2. The maximum Gasteiger partial charge on any atom is 0.300 e. The SMILES string of the molecule is CC(=O)O.N=C(N)c1ccccc1Cl. The number of nitrogens with one attached hydrogen (secondary N) is 1. The Morgan fingerprint density at radius 3 is 2.21 bits per heavy atom. The van der Waals surface area contributed by atoms with Gasteiger partial charge in [0.15, 0.2) is 0 Å². The zero-order valence-electron chi connectivity index (χ0n) is 7.62. The van der Waals surface area contributed by atoms with E-state index in [0.717, 1.165) is 6.92 Å². The Morgan fingerprint density at radius 1 is 1.50 bits per heavy atom. The molecule has 4 N–H and O–H groups in total. The molecule has 0 saturated carbocycles. The van der Waals surface area contributed by atoms with Gasteiger partial charge in [0.2, 0.25) is 0 Å². The molecule has 0 aliphatic carbocycles. The van der Waals surface area contributed by atoms with Gasteiger partial charge >= 0.3 is 0 Å². The van der Waals surface area contributed by atoms with Crippen molar-refractivity contribution in [3.63, 3.8) is 0 Å². The number of carboxylic acid groups (broad SMARTS) is 1. The highest BCUT2D eigenvalue weighted by Crippen LogP contribution is 2.13. The number of carbonyl (C=O) groups is 1. The van der Waals surface area contributed by atoms with E-state index in [1.54, 1.807) is 24.3 Å². The van der Waals surface area contributed by atoms with E-state index < -0.39 is 5.97 Å². The predicted octanol–water partition coefficient (Wildman–Crippen LogP) is 1.71. The fraction of sp³-hybridized carbons (Fsp3) is 0.111. The first kappa shape index (κ1) is 12.5. The van der Waals surface area contributed by atoms with Gasteiger partial charge in [-0.1, -0.05) is 23.7 Å². The molecule has 1 rings (SSSR count). The maximum atomic E-state index is 9.00. The maximum absolute atomic E-state index is 9.00. The van der Waals surface area contributed by atoms with Gasteiger partial charge in [-0.2, -0.15) is 0 Å². The second-order valence-electron chi connectivity index (χ2n) is 2.41. The Morgan fingerprint density at radius 2 is 1.93 bits per heavy atom. The lowest BCUT2D eigenvalue weighted by molar-refractivity contribution is -0.134. The number of carboxylic acids is 1. The van der Waals surface area contributed by atoms with Gasteiger partial charge in [-0.05, 0) is 12.1 Å². The summed E-state index contributed by atoms with van der Waals surface area (Å²) in [5.74, 6) is -0.828. The highest BCUT2D eigenvalue weighted by molar-refractivity contribution is 6.33. The lowest BCUT2D eigenvalue weighted by Gasteiger charge is -1.98. The van der Waals surface area contributed by atoms with Crippen molar-refractivity contribution >= 4 is 23.4 Å². The molecule has 0 atom stereocenters. The van der Waals surface area contributed by atoms with Crippen LogP contribution in [-0.2, 0) is 4.79 Å². The van der Waals surface area contributed by atoms with Crippen LogP contribution in [0.5, 0.6) is 0 Å².